The minimum atomic E-state index is -1.95. The van der Waals surface area contributed by atoms with Crippen molar-refractivity contribution < 1.29 is 4.74 Å². The van der Waals surface area contributed by atoms with E-state index in [0.29, 0.717) is 5.54 Å². The molecule has 2 unspecified atom stereocenters. The van der Waals surface area contributed by atoms with Gasteiger partial charge in [-0.05, 0) is 136 Å². The first-order chi connectivity index (χ1) is 20.6. The van der Waals surface area contributed by atoms with Crippen LogP contribution in [0.25, 0.3) is 17.2 Å². The Kier molecular flexibility index (Phi) is 10.5. The van der Waals surface area contributed by atoms with Crippen LogP contribution in [0.1, 0.15) is 161 Å². The Labute approximate surface area is 279 Å². The van der Waals surface area contributed by atoms with E-state index < -0.39 is 8.24 Å². The zero-order valence-corrected chi connectivity index (χ0v) is 32.7. The van der Waals surface area contributed by atoms with Crippen LogP contribution in [0.3, 0.4) is 0 Å². The summed E-state index contributed by atoms with van der Waals surface area (Å²) in [5.74, 6) is 0. The third kappa shape index (κ3) is 8.82. The summed E-state index contributed by atoms with van der Waals surface area (Å²) in [6.45, 7) is 33.7. The number of aryl methyl sites for hydroxylation is 1. The first-order valence-corrected chi connectivity index (χ1v) is 20.8. The van der Waals surface area contributed by atoms with Crippen molar-refractivity contribution in [2.24, 2.45) is 0 Å². The van der Waals surface area contributed by atoms with Gasteiger partial charge in [0.15, 0.2) is 0 Å². The van der Waals surface area contributed by atoms with Gasteiger partial charge in [-0.25, -0.2) is 0 Å². The normalized spacial score (nSPS) is 18.5. The highest BCUT2D eigenvalue weighted by molar-refractivity contribution is 6.78. The molecule has 0 radical (unpaired) electrons. The van der Waals surface area contributed by atoms with Crippen molar-refractivity contribution in [2.45, 2.75) is 175 Å². The van der Waals surface area contributed by atoms with Crippen molar-refractivity contribution in [1.82, 2.24) is 4.98 Å². The summed E-state index contributed by atoms with van der Waals surface area (Å²) in [6.07, 6.45) is 11.3. The van der Waals surface area contributed by atoms with E-state index in [2.05, 4.69) is 132 Å². The van der Waals surface area contributed by atoms with E-state index in [9.17, 15) is 0 Å². The van der Waals surface area contributed by atoms with Gasteiger partial charge in [-0.2, -0.15) is 0 Å². The number of fused-ring (bicyclic) bond motifs is 2. The Morgan fingerprint density at radius 1 is 0.778 bits per heavy atom. The molecular weight excluding hydrogens is 563 g/mol. The maximum absolute atomic E-state index is 6.00. The van der Waals surface area contributed by atoms with E-state index in [1.54, 1.807) is 27.8 Å². The number of ether oxygens (including phenoxy) is 1. The van der Waals surface area contributed by atoms with E-state index in [4.69, 9.17) is 4.74 Å². The first kappa shape index (κ1) is 36.2. The highest BCUT2D eigenvalue weighted by atomic mass is 28.3. The molecule has 2 aromatic rings. The predicted molar refractivity (Wildman–Crippen MR) is 201 cm³/mol. The number of hydrogen-bond acceptors (Lipinski definition) is 2. The van der Waals surface area contributed by atoms with Crippen LogP contribution in [0, 0.1) is 0 Å². The molecule has 45 heavy (non-hydrogen) atoms. The number of unbranched alkanes of at least 4 members (excludes halogenated alkanes) is 3. The van der Waals surface area contributed by atoms with Crippen molar-refractivity contribution in [3.8, 4) is 11.1 Å². The van der Waals surface area contributed by atoms with E-state index in [1.807, 2.05) is 0 Å². The molecule has 250 valence electrons. The van der Waals surface area contributed by atoms with Gasteiger partial charge in [0.05, 0.1) is 5.60 Å². The maximum Gasteiger partial charge on any atom is 0.134 e. The number of rotatable bonds is 10. The Hall–Kier alpha value is -1.68. The average molecular weight is 630 g/mol. The SMILES string of the molecule is CC1=Cc2c(cc3c(c2-c2cc(C(C)(C)C)cc(C(C)(C)C)c2)CCC3)C1[Si](C)(CCCCCCOC(C)(C)C)NC(C)(C)C. The lowest BCUT2D eigenvalue weighted by molar-refractivity contribution is -0.00471. The lowest BCUT2D eigenvalue weighted by Crippen LogP contribution is -2.60. The van der Waals surface area contributed by atoms with Crippen LogP contribution in [0.4, 0.5) is 0 Å². The molecule has 0 amide bonds. The van der Waals surface area contributed by atoms with E-state index in [-0.39, 0.29) is 22.0 Å². The molecule has 2 atom stereocenters. The fraction of sp³-hybridized carbons (Fsp3) is 0.667. The molecule has 0 heterocycles. The summed E-state index contributed by atoms with van der Waals surface area (Å²) in [7, 11) is -1.95. The minimum absolute atomic E-state index is 0.0384. The Bertz CT molecular complexity index is 1360. The average Bonchev–Trinajstić information content (AvgIpc) is 3.47. The third-order valence-electron chi connectivity index (χ3n) is 9.99. The summed E-state index contributed by atoms with van der Waals surface area (Å²) >= 11 is 0. The monoisotopic (exact) mass is 629 g/mol. The molecule has 4 rings (SSSR count). The molecular formula is C42H67NOSi. The molecule has 2 nitrogen and oxygen atoms in total. The molecule has 0 aliphatic heterocycles. The van der Waals surface area contributed by atoms with Gasteiger partial charge in [-0.3, -0.25) is 0 Å². The zero-order valence-electron chi connectivity index (χ0n) is 31.7. The smallest absolute Gasteiger partial charge is 0.134 e. The van der Waals surface area contributed by atoms with Gasteiger partial charge in [0.1, 0.15) is 8.24 Å². The summed E-state index contributed by atoms with van der Waals surface area (Å²) in [4.78, 5) is 4.33. The third-order valence-corrected chi connectivity index (χ3v) is 14.7. The van der Waals surface area contributed by atoms with Crippen molar-refractivity contribution in [2.75, 3.05) is 6.61 Å². The number of allylic oxidation sites excluding steroid dienone is 1. The van der Waals surface area contributed by atoms with E-state index in [0.717, 1.165) is 13.0 Å². The standard InChI is InChI=1S/C42H67NOSi/c1-29-24-35-36(38(29)45(14,43-41(8,9)10)23-18-16-15-17-22-44-42(11,12)13)27-30-20-19-21-34(30)37(35)31-25-32(39(2,3)4)28-33(26-31)40(5,6)7/h24-28,38,43H,15-23H2,1-14H3. The molecule has 1 N–H and O–H groups in total. The van der Waals surface area contributed by atoms with E-state index >= 15 is 0 Å². The van der Waals surface area contributed by atoms with Gasteiger partial charge < -0.3 is 9.72 Å². The van der Waals surface area contributed by atoms with Crippen molar-refractivity contribution in [3.05, 3.63) is 63.2 Å². The molecule has 0 bridgehead atoms. The number of hydrogen-bond donors (Lipinski definition) is 1. The summed E-state index contributed by atoms with van der Waals surface area (Å²) in [5.41, 5.74) is 14.6. The molecule has 0 saturated carbocycles. The molecule has 0 spiro atoms. The van der Waals surface area contributed by atoms with Crippen LogP contribution in [0.2, 0.25) is 12.6 Å². The van der Waals surface area contributed by atoms with E-state index in [1.165, 1.54) is 66.8 Å². The minimum Gasteiger partial charge on any atom is -0.376 e. The van der Waals surface area contributed by atoms with Gasteiger partial charge in [0.2, 0.25) is 0 Å². The fourth-order valence-electron chi connectivity index (χ4n) is 8.01. The van der Waals surface area contributed by atoms with Crippen molar-refractivity contribution in [3.63, 3.8) is 0 Å². The molecule has 2 aromatic carbocycles. The lowest BCUT2D eigenvalue weighted by Gasteiger charge is -2.42. The van der Waals surface area contributed by atoms with Crippen LogP contribution < -0.4 is 4.98 Å². The zero-order chi connectivity index (χ0) is 33.6. The summed E-state index contributed by atoms with van der Waals surface area (Å²) in [5, 5.41) is 0. The highest BCUT2D eigenvalue weighted by Gasteiger charge is 2.45. The molecule has 2 aliphatic carbocycles. The second-order valence-electron chi connectivity index (χ2n) is 18.8. The summed E-state index contributed by atoms with van der Waals surface area (Å²) < 4.78 is 6.00. The predicted octanol–water partition coefficient (Wildman–Crippen LogP) is 11.8. The fourth-order valence-corrected chi connectivity index (χ4v) is 13.3. The Morgan fingerprint density at radius 2 is 1.38 bits per heavy atom. The molecule has 3 heteroatoms. The number of benzene rings is 2. The largest absolute Gasteiger partial charge is 0.376 e. The molecule has 0 saturated heterocycles. The van der Waals surface area contributed by atoms with Gasteiger partial charge in [-0.15, -0.1) is 0 Å². The van der Waals surface area contributed by atoms with Crippen LogP contribution in [-0.4, -0.2) is 26.0 Å². The van der Waals surface area contributed by atoms with Crippen LogP contribution in [0.15, 0.2) is 29.8 Å². The molecule has 0 aromatic heterocycles. The van der Waals surface area contributed by atoms with Gasteiger partial charge >= 0.3 is 0 Å². The Balaban J connectivity index is 1.76. The highest BCUT2D eigenvalue weighted by Crippen LogP contribution is 2.50. The second-order valence-corrected chi connectivity index (χ2v) is 22.9. The van der Waals surface area contributed by atoms with Crippen LogP contribution in [-0.2, 0) is 28.4 Å². The summed E-state index contributed by atoms with van der Waals surface area (Å²) in [6, 6.07) is 11.5. The quantitative estimate of drug-likeness (QED) is 0.208. The molecule has 0 fully saturated rings. The van der Waals surface area contributed by atoms with Crippen LogP contribution >= 0.6 is 0 Å². The van der Waals surface area contributed by atoms with Gasteiger partial charge in [0.25, 0.3) is 0 Å². The topological polar surface area (TPSA) is 21.3 Å². The maximum atomic E-state index is 6.00. The van der Waals surface area contributed by atoms with Gasteiger partial charge in [-0.1, -0.05) is 103 Å². The second kappa shape index (κ2) is 13.1. The lowest BCUT2D eigenvalue weighted by atomic mass is 9.77. The van der Waals surface area contributed by atoms with Gasteiger partial charge in [0, 0.05) is 17.7 Å². The van der Waals surface area contributed by atoms with Crippen molar-refractivity contribution >= 4 is 14.3 Å². The first-order valence-electron chi connectivity index (χ1n) is 18.1. The van der Waals surface area contributed by atoms with Crippen LogP contribution in [0.5, 0.6) is 0 Å². The Morgan fingerprint density at radius 3 is 1.93 bits per heavy atom. The number of nitrogens with one attached hydrogen (secondary N) is 1. The van der Waals surface area contributed by atoms with Crippen molar-refractivity contribution in [1.29, 1.82) is 0 Å². The molecule has 2 aliphatic rings.